The van der Waals surface area contributed by atoms with Gasteiger partial charge >= 0.3 is 0 Å². The summed E-state index contributed by atoms with van der Waals surface area (Å²) in [6.07, 6.45) is 0.495. The van der Waals surface area contributed by atoms with Crippen LogP contribution in [0, 0.1) is 0 Å². The topological polar surface area (TPSA) is 41.9 Å². The molecule has 114 valence electrons. The molecule has 1 N–H and O–H groups in total. The molecule has 0 aliphatic heterocycles. The van der Waals surface area contributed by atoms with Crippen molar-refractivity contribution in [3.63, 3.8) is 0 Å². The van der Waals surface area contributed by atoms with Gasteiger partial charge in [0.2, 0.25) is 0 Å². The first-order valence-corrected chi connectivity index (χ1v) is 7.59. The number of anilines is 1. The van der Waals surface area contributed by atoms with Gasteiger partial charge in [-0.1, -0.05) is 22.0 Å². The zero-order valence-corrected chi connectivity index (χ0v) is 14.0. The number of rotatable bonds is 9. The lowest BCUT2D eigenvalue weighted by atomic mass is 10.1. The number of hydrogen-bond acceptors (Lipinski definition) is 4. The molecule has 0 spiro atoms. The van der Waals surface area contributed by atoms with E-state index in [1.165, 1.54) is 0 Å². The van der Waals surface area contributed by atoms with Crippen LogP contribution in [0.5, 0.6) is 0 Å². The van der Waals surface area contributed by atoms with Gasteiger partial charge in [-0.05, 0) is 31.0 Å². The second kappa shape index (κ2) is 9.34. The van der Waals surface area contributed by atoms with Crippen molar-refractivity contribution >= 4 is 21.6 Å². The summed E-state index contributed by atoms with van der Waals surface area (Å²) < 4.78 is 11.2. The van der Waals surface area contributed by atoms with Crippen LogP contribution in [0.2, 0.25) is 0 Å². The van der Waals surface area contributed by atoms with E-state index in [1.54, 1.807) is 21.1 Å². The molecular formula is C15H24BrNO3. The first-order chi connectivity index (χ1) is 9.60. The Morgan fingerprint density at radius 1 is 1.20 bits per heavy atom. The fraction of sp³-hybridized carbons (Fsp3) is 0.600. The molecule has 0 amide bonds. The maximum Gasteiger partial charge on any atom is 0.0772 e. The van der Waals surface area contributed by atoms with Crippen molar-refractivity contribution in [2.24, 2.45) is 0 Å². The Balaban J connectivity index is 2.80. The average molecular weight is 346 g/mol. The van der Waals surface area contributed by atoms with Gasteiger partial charge in [0.1, 0.15) is 0 Å². The molecule has 1 aromatic carbocycles. The summed E-state index contributed by atoms with van der Waals surface area (Å²) in [6.45, 7) is 4.94. The Morgan fingerprint density at radius 3 is 2.45 bits per heavy atom. The van der Waals surface area contributed by atoms with Crippen molar-refractivity contribution in [2.45, 2.75) is 19.4 Å². The van der Waals surface area contributed by atoms with E-state index in [4.69, 9.17) is 9.47 Å². The first-order valence-electron chi connectivity index (χ1n) is 6.80. The molecule has 0 heterocycles. The van der Waals surface area contributed by atoms with E-state index in [0.29, 0.717) is 6.61 Å². The lowest BCUT2D eigenvalue weighted by Crippen LogP contribution is -2.29. The van der Waals surface area contributed by atoms with Crippen LogP contribution in [0.3, 0.4) is 0 Å². The molecule has 1 atom stereocenters. The highest BCUT2D eigenvalue weighted by atomic mass is 79.9. The van der Waals surface area contributed by atoms with E-state index in [-0.39, 0.29) is 0 Å². The third-order valence-electron chi connectivity index (χ3n) is 3.14. The normalized spacial score (nSPS) is 12.4. The standard InChI is InChI=1S/C15H24BrNO3/c1-12(18)14-6-5-13(11-15(14)16)17(8-10-20-3)7-4-9-19-2/h5-6,11-12,18H,4,7-10H2,1-3H3. The van der Waals surface area contributed by atoms with Gasteiger partial charge < -0.3 is 19.5 Å². The number of aliphatic hydroxyl groups is 1. The van der Waals surface area contributed by atoms with Crippen molar-refractivity contribution in [3.05, 3.63) is 28.2 Å². The second-order valence-corrected chi connectivity index (χ2v) is 5.56. The van der Waals surface area contributed by atoms with E-state index in [2.05, 4.69) is 20.8 Å². The van der Waals surface area contributed by atoms with E-state index in [9.17, 15) is 5.11 Å². The van der Waals surface area contributed by atoms with Crippen molar-refractivity contribution in [1.29, 1.82) is 0 Å². The largest absolute Gasteiger partial charge is 0.389 e. The molecule has 0 bridgehead atoms. The van der Waals surface area contributed by atoms with Crippen LogP contribution in [0.25, 0.3) is 0 Å². The molecular weight excluding hydrogens is 322 g/mol. The number of benzene rings is 1. The Kier molecular flexibility index (Phi) is 8.14. The summed E-state index contributed by atoms with van der Waals surface area (Å²) in [7, 11) is 3.42. The molecule has 0 saturated carbocycles. The number of ether oxygens (including phenoxy) is 2. The van der Waals surface area contributed by atoms with Gasteiger partial charge in [-0.2, -0.15) is 0 Å². The van der Waals surface area contributed by atoms with Crippen LogP contribution in [-0.2, 0) is 9.47 Å². The van der Waals surface area contributed by atoms with Gasteiger partial charge in [0.15, 0.2) is 0 Å². The fourth-order valence-electron chi connectivity index (χ4n) is 2.02. The lowest BCUT2D eigenvalue weighted by Gasteiger charge is -2.25. The van der Waals surface area contributed by atoms with Crippen LogP contribution in [0.4, 0.5) is 5.69 Å². The average Bonchev–Trinajstić information content (AvgIpc) is 2.42. The summed E-state index contributed by atoms with van der Waals surface area (Å²) in [5, 5.41) is 9.67. The quantitative estimate of drug-likeness (QED) is 0.698. The minimum atomic E-state index is -0.473. The monoisotopic (exact) mass is 345 g/mol. The van der Waals surface area contributed by atoms with Crippen molar-refractivity contribution in [2.75, 3.05) is 45.4 Å². The predicted molar refractivity (Wildman–Crippen MR) is 85.4 cm³/mol. The smallest absolute Gasteiger partial charge is 0.0772 e. The van der Waals surface area contributed by atoms with Gasteiger partial charge in [-0.15, -0.1) is 0 Å². The molecule has 4 nitrogen and oxygen atoms in total. The SMILES string of the molecule is COCCCN(CCOC)c1ccc(C(C)O)c(Br)c1. The van der Waals surface area contributed by atoms with Crippen LogP contribution >= 0.6 is 15.9 Å². The fourth-order valence-corrected chi connectivity index (χ4v) is 2.72. The van der Waals surface area contributed by atoms with Gasteiger partial charge in [0.05, 0.1) is 12.7 Å². The highest BCUT2D eigenvalue weighted by molar-refractivity contribution is 9.10. The number of methoxy groups -OCH3 is 2. The third kappa shape index (κ3) is 5.40. The number of hydrogen-bond donors (Lipinski definition) is 1. The summed E-state index contributed by atoms with van der Waals surface area (Å²) in [5.41, 5.74) is 2.02. The van der Waals surface area contributed by atoms with Crippen LogP contribution in [0.15, 0.2) is 22.7 Å². The van der Waals surface area contributed by atoms with Crippen molar-refractivity contribution in [1.82, 2.24) is 0 Å². The third-order valence-corrected chi connectivity index (χ3v) is 3.83. The summed E-state index contributed by atoms with van der Waals surface area (Å²) in [5.74, 6) is 0. The van der Waals surface area contributed by atoms with E-state index < -0.39 is 6.10 Å². The van der Waals surface area contributed by atoms with Crippen molar-refractivity contribution < 1.29 is 14.6 Å². The molecule has 0 radical (unpaired) electrons. The van der Waals surface area contributed by atoms with Gasteiger partial charge in [-0.3, -0.25) is 0 Å². The Labute approximate surface area is 129 Å². The van der Waals surface area contributed by atoms with E-state index in [1.807, 2.05) is 18.2 Å². The van der Waals surface area contributed by atoms with Crippen LogP contribution < -0.4 is 4.90 Å². The molecule has 0 aromatic heterocycles. The van der Waals surface area contributed by atoms with Gasteiger partial charge in [0, 0.05) is 44.1 Å². The molecule has 5 heteroatoms. The maximum atomic E-state index is 9.67. The molecule has 0 fully saturated rings. The molecule has 1 aromatic rings. The van der Waals surface area contributed by atoms with Crippen LogP contribution in [0.1, 0.15) is 25.0 Å². The Hall–Kier alpha value is -0.620. The van der Waals surface area contributed by atoms with E-state index >= 15 is 0 Å². The molecule has 0 aliphatic carbocycles. The summed E-state index contributed by atoms with van der Waals surface area (Å²) in [6, 6.07) is 6.04. The van der Waals surface area contributed by atoms with Gasteiger partial charge in [0.25, 0.3) is 0 Å². The van der Waals surface area contributed by atoms with Crippen LogP contribution in [-0.4, -0.2) is 45.6 Å². The zero-order chi connectivity index (χ0) is 15.0. The number of nitrogens with zero attached hydrogens (tertiary/aromatic N) is 1. The van der Waals surface area contributed by atoms with E-state index in [0.717, 1.165) is 41.8 Å². The first kappa shape index (κ1) is 17.4. The molecule has 20 heavy (non-hydrogen) atoms. The minimum Gasteiger partial charge on any atom is -0.389 e. The second-order valence-electron chi connectivity index (χ2n) is 4.71. The Morgan fingerprint density at radius 2 is 1.90 bits per heavy atom. The summed E-state index contributed by atoms with van der Waals surface area (Å²) in [4.78, 5) is 2.26. The van der Waals surface area contributed by atoms with Crippen molar-refractivity contribution in [3.8, 4) is 0 Å². The molecule has 1 rings (SSSR count). The molecule has 0 saturated heterocycles. The summed E-state index contributed by atoms with van der Waals surface area (Å²) >= 11 is 3.52. The lowest BCUT2D eigenvalue weighted by molar-refractivity contribution is 0.191. The Bertz CT molecular complexity index is 399. The molecule has 1 unspecified atom stereocenters. The minimum absolute atomic E-state index is 0.473. The highest BCUT2D eigenvalue weighted by Gasteiger charge is 2.11. The zero-order valence-electron chi connectivity index (χ0n) is 12.4. The highest BCUT2D eigenvalue weighted by Crippen LogP contribution is 2.28. The number of halogens is 1. The predicted octanol–water partition coefficient (Wildman–Crippen LogP) is 2.99. The molecule has 0 aliphatic rings. The maximum absolute atomic E-state index is 9.67. The van der Waals surface area contributed by atoms with Gasteiger partial charge in [-0.25, -0.2) is 0 Å². The number of aliphatic hydroxyl groups excluding tert-OH is 1.